The molecule has 3 nitrogen and oxygen atoms in total. The van der Waals surface area contributed by atoms with E-state index in [0.717, 1.165) is 36.8 Å². The van der Waals surface area contributed by atoms with Crippen LogP contribution in [-0.4, -0.2) is 42.5 Å². The second-order valence-electron chi connectivity index (χ2n) is 4.70. The standard InChI is InChI=1S/C15H18O3S.Na.H/c1-2-3-5-8-12-11-15(19(16,17)18)14-10-7-4-6-9-13(12)14;;/h4,6-7,9-11H,2-3,5,8H2,1H3,(H,16,17,18);;. The van der Waals surface area contributed by atoms with E-state index in [4.69, 9.17) is 0 Å². The first-order chi connectivity index (χ1) is 9.04. The first-order valence-electron chi connectivity index (χ1n) is 6.52. The molecule has 0 saturated heterocycles. The van der Waals surface area contributed by atoms with Crippen LogP contribution in [0, 0.1) is 0 Å². The first kappa shape index (κ1) is 17.7. The van der Waals surface area contributed by atoms with Crippen LogP contribution in [0.5, 0.6) is 0 Å². The Kier molecular flexibility index (Phi) is 6.69. The third-order valence-corrected chi connectivity index (χ3v) is 4.18. The van der Waals surface area contributed by atoms with Crippen LogP contribution in [0.15, 0.2) is 41.3 Å². The van der Waals surface area contributed by atoms with E-state index in [2.05, 4.69) is 6.92 Å². The number of hydrogen-bond acceptors (Lipinski definition) is 2. The maximum atomic E-state index is 11.4. The summed E-state index contributed by atoms with van der Waals surface area (Å²) in [5, 5.41) is 0. The van der Waals surface area contributed by atoms with Crippen LogP contribution in [0.2, 0.25) is 0 Å². The van der Waals surface area contributed by atoms with Gasteiger partial charge in [0.25, 0.3) is 10.1 Å². The van der Waals surface area contributed by atoms with Gasteiger partial charge in [0, 0.05) is 5.56 Å². The van der Waals surface area contributed by atoms with Crippen LogP contribution in [-0.2, 0) is 16.5 Å². The first-order valence-corrected chi connectivity index (χ1v) is 7.96. The Morgan fingerprint density at radius 3 is 2.30 bits per heavy atom. The molecule has 2 aliphatic rings. The van der Waals surface area contributed by atoms with Gasteiger partial charge in [0.2, 0.25) is 0 Å². The van der Waals surface area contributed by atoms with Crippen molar-refractivity contribution in [2.75, 3.05) is 0 Å². The van der Waals surface area contributed by atoms with E-state index in [1.807, 2.05) is 18.2 Å². The van der Waals surface area contributed by atoms with Crippen molar-refractivity contribution in [1.29, 1.82) is 0 Å². The molecule has 5 heteroatoms. The summed E-state index contributed by atoms with van der Waals surface area (Å²) in [7, 11) is -4.17. The molecule has 0 aromatic heterocycles. The van der Waals surface area contributed by atoms with Crippen LogP contribution in [0.3, 0.4) is 0 Å². The van der Waals surface area contributed by atoms with Crippen molar-refractivity contribution in [2.45, 2.75) is 37.5 Å². The van der Waals surface area contributed by atoms with Crippen molar-refractivity contribution in [2.24, 2.45) is 0 Å². The molecule has 2 rings (SSSR count). The average Bonchev–Trinajstić information content (AvgIpc) is 2.54. The Hall–Kier alpha value is -0.390. The predicted molar refractivity (Wildman–Crippen MR) is 83.3 cm³/mol. The van der Waals surface area contributed by atoms with Gasteiger partial charge in [0.15, 0.2) is 0 Å². The molecule has 0 radical (unpaired) electrons. The Labute approximate surface area is 142 Å². The van der Waals surface area contributed by atoms with E-state index in [1.165, 1.54) is 0 Å². The fraction of sp³-hybridized carbons (Fsp3) is 0.333. The van der Waals surface area contributed by atoms with Gasteiger partial charge in [-0.25, -0.2) is 0 Å². The van der Waals surface area contributed by atoms with Gasteiger partial charge in [-0.15, -0.1) is 0 Å². The molecule has 0 unspecified atom stereocenters. The average molecular weight is 302 g/mol. The molecule has 0 heterocycles. The van der Waals surface area contributed by atoms with Crippen molar-refractivity contribution >= 4 is 39.7 Å². The molecule has 2 aliphatic carbocycles. The molecule has 0 aromatic carbocycles. The van der Waals surface area contributed by atoms with Crippen molar-refractivity contribution in [3.63, 3.8) is 0 Å². The van der Waals surface area contributed by atoms with Crippen molar-refractivity contribution in [3.05, 3.63) is 42.0 Å². The zero-order chi connectivity index (χ0) is 13.9. The van der Waals surface area contributed by atoms with Crippen molar-refractivity contribution < 1.29 is 13.0 Å². The van der Waals surface area contributed by atoms with E-state index in [-0.39, 0.29) is 34.5 Å². The summed E-state index contributed by atoms with van der Waals surface area (Å²) in [5.41, 5.74) is 2.50. The van der Waals surface area contributed by atoms with Gasteiger partial charge in [-0.3, -0.25) is 4.55 Å². The number of rotatable bonds is 5. The second-order valence-corrected chi connectivity index (χ2v) is 6.09. The maximum absolute atomic E-state index is 11.4. The van der Waals surface area contributed by atoms with Gasteiger partial charge < -0.3 is 0 Å². The van der Waals surface area contributed by atoms with E-state index in [0.29, 0.717) is 5.56 Å². The third-order valence-electron chi connectivity index (χ3n) is 3.28. The summed E-state index contributed by atoms with van der Waals surface area (Å²) >= 11 is 0. The number of unbranched alkanes of at least 4 members (excludes halogenated alkanes) is 2. The third kappa shape index (κ3) is 4.06. The van der Waals surface area contributed by atoms with Gasteiger partial charge in [-0.05, 0) is 30.0 Å². The Bertz CT molecular complexity index is 638. The summed E-state index contributed by atoms with van der Waals surface area (Å²) in [6.45, 7) is 2.13. The number of fused-ring (bicyclic) bond motifs is 1. The zero-order valence-corrected chi connectivity index (χ0v) is 11.8. The Balaban J connectivity index is 0.00000200. The monoisotopic (exact) mass is 302 g/mol. The quantitative estimate of drug-likeness (QED) is 0.524. The molecule has 104 valence electrons. The van der Waals surface area contributed by atoms with Gasteiger partial charge >= 0.3 is 29.6 Å². The SMILES string of the molecule is CCCCCc1cc(S(=O)(=O)O)c2cccccc1-2.[NaH]. The molecule has 0 aromatic rings. The van der Waals surface area contributed by atoms with Crippen LogP contribution in [0.25, 0.3) is 11.1 Å². The molecule has 0 aliphatic heterocycles. The fourth-order valence-electron chi connectivity index (χ4n) is 2.34. The second kappa shape index (κ2) is 7.57. The van der Waals surface area contributed by atoms with Crippen LogP contribution in [0.4, 0.5) is 0 Å². The minimum absolute atomic E-state index is 0. The predicted octanol–water partition coefficient (Wildman–Crippen LogP) is 3.12. The van der Waals surface area contributed by atoms with Gasteiger partial charge in [0.1, 0.15) is 4.90 Å². The van der Waals surface area contributed by atoms with Crippen LogP contribution >= 0.6 is 0 Å². The molecule has 1 N–H and O–H groups in total. The van der Waals surface area contributed by atoms with Crippen LogP contribution in [0.1, 0.15) is 31.7 Å². The molecule has 0 saturated carbocycles. The molecule has 0 spiro atoms. The van der Waals surface area contributed by atoms with Crippen molar-refractivity contribution in [3.8, 4) is 11.1 Å². The Morgan fingerprint density at radius 1 is 1.05 bits per heavy atom. The van der Waals surface area contributed by atoms with E-state index in [1.54, 1.807) is 18.2 Å². The summed E-state index contributed by atoms with van der Waals surface area (Å²) in [6, 6.07) is 10.8. The van der Waals surface area contributed by atoms with Crippen LogP contribution < -0.4 is 0 Å². The summed E-state index contributed by atoms with van der Waals surface area (Å²) in [6.07, 6.45) is 4.10. The molecule has 0 amide bonds. The number of aryl methyl sites for hydroxylation is 1. The van der Waals surface area contributed by atoms with Gasteiger partial charge in [-0.1, -0.05) is 50.1 Å². The molecule has 20 heavy (non-hydrogen) atoms. The molecule has 0 atom stereocenters. The van der Waals surface area contributed by atoms with Crippen molar-refractivity contribution in [1.82, 2.24) is 0 Å². The zero-order valence-electron chi connectivity index (χ0n) is 11.0. The molecular formula is C15H19NaO3S. The van der Waals surface area contributed by atoms with Gasteiger partial charge in [0.05, 0.1) is 0 Å². The molecular weight excluding hydrogens is 283 g/mol. The topological polar surface area (TPSA) is 54.4 Å². The molecule has 0 bridgehead atoms. The fourth-order valence-corrected chi connectivity index (χ4v) is 3.09. The minimum atomic E-state index is -4.17. The normalized spacial score (nSPS) is 11.3. The summed E-state index contributed by atoms with van der Waals surface area (Å²) in [4.78, 5) is 0.0187. The van der Waals surface area contributed by atoms with E-state index in [9.17, 15) is 13.0 Å². The Morgan fingerprint density at radius 2 is 1.70 bits per heavy atom. The number of hydrogen-bond donors (Lipinski definition) is 1. The summed E-state index contributed by atoms with van der Waals surface area (Å²) in [5.74, 6) is 0. The summed E-state index contributed by atoms with van der Waals surface area (Å²) < 4.78 is 32.2. The van der Waals surface area contributed by atoms with Gasteiger partial charge in [-0.2, -0.15) is 8.42 Å². The van der Waals surface area contributed by atoms with E-state index >= 15 is 0 Å². The molecule has 0 fully saturated rings. The van der Waals surface area contributed by atoms with E-state index < -0.39 is 10.1 Å².